The Morgan fingerprint density at radius 1 is 1.60 bits per heavy atom. The van der Waals surface area contributed by atoms with Gasteiger partial charge in [-0.25, -0.2) is 4.39 Å². The highest BCUT2D eigenvalue weighted by atomic mass is 79.9. The first-order chi connectivity index (χ1) is 7.17. The Labute approximate surface area is 97.2 Å². The van der Waals surface area contributed by atoms with Crippen LogP contribution in [0.3, 0.4) is 0 Å². The monoisotopic (exact) mass is 270 g/mol. The summed E-state index contributed by atoms with van der Waals surface area (Å²) < 4.78 is 13.8. The number of halogens is 2. The molecule has 0 saturated heterocycles. The van der Waals surface area contributed by atoms with E-state index in [1.165, 1.54) is 12.1 Å². The SMILES string of the molecule is CCC(CC#N)Nc1cc(F)ccc1Br. The Morgan fingerprint density at radius 3 is 2.93 bits per heavy atom. The zero-order valence-electron chi connectivity index (χ0n) is 8.43. The molecule has 1 aromatic carbocycles. The predicted molar refractivity (Wildman–Crippen MR) is 62.0 cm³/mol. The van der Waals surface area contributed by atoms with Crippen LogP contribution in [0.2, 0.25) is 0 Å². The first kappa shape index (κ1) is 12.0. The van der Waals surface area contributed by atoms with Gasteiger partial charge in [0, 0.05) is 10.5 Å². The standard InChI is InChI=1S/C11H12BrFN2/c1-2-9(5-6-14)15-11-7-8(13)3-4-10(11)12/h3-4,7,9,15H,2,5H2,1H3. The van der Waals surface area contributed by atoms with Gasteiger partial charge in [-0.2, -0.15) is 5.26 Å². The average molecular weight is 271 g/mol. The fraction of sp³-hybridized carbons (Fsp3) is 0.364. The van der Waals surface area contributed by atoms with E-state index in [1.54, 1.807) is 6.07 Å². The van der Waals surface area contributed by atoms with Crippen LogP contribution in [0.5, 0.6) is 0 Å². The first-order valence-electron chi connectivity index (χ1n) is 4.76. The molecule has 0 aliphatic heterocycles. The normalized spacial score (nSPS) is 11.9. The van der Waals surface area contributed by atoms with Crippen molar-refractivity contribution in [1.29, 1.82) is 5.26 Å². The topological polar surface area (TPSA) is 35.8 Å². The van der Waals surface area contributed by atoms with E-state index in [0.717, 1.165) is 10.9 Å². The second kappa shape index (κ2) is 5.72. The summed E-state index contributed by atoms with van der Waals surface area (Å²) in [6.07, 6.45) is 1.25. The largest absolute Gasteiger partial charge is 0.380 e. The lowest BCUT2D eigenvalue weighted by Gasteiger charge is -2.16. The van der Waals surface area contributed by atoms with Crippen molar-refractivity contribution in [3.63, 3.8) is 0 Å². The van der Waals surface area contributed by atoms with Gasteiger partial charge < -0.3 is 5.32 Å². The Kier molecular flexibility index (Phi) is 4.57. The van der Waals surface area contributed by atoms with Crippen molar-refractivity contribution in [3.8, 4) is 6.07 Å². The first-order valence-corrected chi connectivity index (χ1v) is 5.55. The van der Waals surface area contributed by atoms with Gasteiger partial charge in [-0.05, 0) is 40.5 Å². The summed E-state index contributed by atoms with van der Waals surface area (Å²) >= 11 is 3.33. The van der Waals surface area contributed by atoms with E-state index >= 15 is 0 Å². The molecule has 4 heteroatoms. The van der Waals surface area contributed by atoms with Crippen molar-refractivity contribution in [2.24, 2.45) is 0 Å². The molecular weight excluding hydrogens is 259 g/mol. The van der Waals surface area contributed by atoms with E-state index in [4.69, 9.17) is 5.26 Å². The van der Waals surface area contributed by atoms with Crippen LogP contribution < -0.4 is 5.32 Å². The molecule has 1 aromatic rings. The van der Waals surface area contributed by atoms with Crippen molar-refractivity contribution in [2.45, 2.75) is 25.8 Å². The highest BCUT2D eigenvalue weighted by Gasteiger charge is 2.08. The summed E-state index contributed by atoms with van der Waals surface area (Å²) in [5.41, 5.74) is 0.692. The fourth-order valence-corrected chi connectivity index (χ4v) is 1.60. The average Bonchev–Trinajstić information content (AvgIpc) is 2.22. The summed E-state index contributed by atoms with van der Waals surface area (Å²) in [6, 6.07) is 6.62. The zero-order valence-corrected chi connectivity index (χ0v) is 10.0. The lowest BCUT2D eigenvalue weighted by molar-refractivity contribution is 0.626. The molecule has 2 nitrogen and oxygen atoms in total. The highest BCUT2D eigenvalue weighted by Crippen LogP contribution is 2.24. The van der Waals surface area contributed by atoms with Gasteiger partial charge >= 0.3 is 0 Å². The van der Waals surface area contributed by atoms with Crippen LogP contribution in [-0.4, -0.2) is 6.04 Å². The maximum Gasteiger partial charge on any atom is 0.125 e. The minimum Gasteiger partial charge on any atom is -0.380 e. The maximum absolute atomic E-state index is 13.0. The molecule has 0 fully saturated rings. The minimum atomic E-state index is -0.285. The molecule has 0 aliphatic rings. The van der Waals surface area contributed by atoms with Gasteiger partial charge in [-0.1, -0.05) is 6.92 Å². The van der Waals surface area contributed by atoms with Gasteiger partial charge in [-0.15, -0.1) is 0 Å². The minimum absolute atomic E-state index is 0.0631. The molecule has 0 amide bonds. The summed E-state index contributed by atoms with van der Waals surface area (Å²) in [5.74, 6) is -0.285. The molecule has 0 radical (unpaired) electrons. The van der Waals surface area contributed by atoms with E-state index in [9.17, 15) is 4.39 Å². The second-order valence-electron chi connectivity index (χ2n) is 3.24. The molecule has 0 bridgehead atoms. The molecule has 15 heavy (non-hydrogen) atoms. The molecule has 1 atom stereocenters. The van der Waals surface area contributed by atoms with Gasteiger partial charge in [0.05, 0.1) is 18.2 Å². The van der Waals surface area contributed by atoms with Crippen molar-refractivity contribution < 1.29 is 4.39 Å². The van der Waals surface area contributed by atoms with E-state index < -0.39 is 0 Å². The number of hydrogen-bond donors (Lipinski definition) is 1. The Hall–Kier alpha value is -1.08. The van der Waals surface area contributed by atoms with Crippen LogP contribution in [0, 0.1) is 17.1 Å². The fourth-order valence-electron chi connectivity index (χ4n) is 1.24. The van der Waals surface area contributed by atoms with E-state index in [-0.39, 0.29) is 11.9 Å². The quantitative estimate of drug-likeness (QED) is 0.906. The van der Waals surface area contributed by atoms with Gasteiger partial charge in [0.15, 0.2) is 0 Å². The second-order valence-corrected chi connectivity index (χ2v) is 4.09. The van der Waals surface area contributed by atoms with Crippen molar-refractivity contribution in [2.75, 3.05) is 5.32 Å². The van der Waals surface area contributed by atoms with E-state index in [2.05, 4.69) is 27.3 Å². The van der Waals surface area contributed by atoms with Crippen LogP contribution in [0.4, 0.5) is 10.1 Å². The van der Waals surface area contributed by atoms with E-state index in [0.29, 0.717) is 12.1 Å². The van der Waals surface area contributed by atoms with Gasteiger partial charge in [0.1, 0.15) is 5.82 Å². The third-order valence-electron chi connectivity index (χ3n) is 2.12. The van der Waals surface area contributed by atoms with Crippen LogP contribution >= 0.6 is 15.9 Å². The molecule has 0 aliphatic carbocycles. The number of nitrogens with zero attached hydrogens (tertiary/aromatic N) is 1. The van der Waals surface area contributed by atoms with Gasteiger partial charge in [-0.3, -0.25) is 0 Å². The summed E-state index contributed by atoms with van der Waals surface area (Å²) in [4.78, 5) is 0. The van der Waals surface area contributed by atoms with Crippen LogP contribution in [0.25, 0.3) is 0 Å². The maximum atomic E-state index is 13.0. The van der Waals surface area contributed by atoms with Gasteiger partial charge in [0.2, 0.25) is 0 Å². The molecule has 0 aromatic heterocycles. The summed E-state index contributed by atoms with van der Waals surface area (Å²) in [5, 5.41) is 11.7. The van der Waals surface area contributed by atoms with Crippen LogP contribution in [0.15, 0.2) is 22.7 Å². The third-order valence-corrected chi connectivity index (χ3v) is 2.81. The lowest BCUT2D eigenvalue weighted by atomic mass is 10.1. The number of benzene rings is 1. The highest BCUT2D eigenvalue weighted by molar-refractivity contribution is 9.10. The number of nitriles is 1. The summed E-state index contributed by atoms with van der Waals surface area (Å²) in [6.45, 7) is 1.99. The number of nitrogens with one attached hydrogen (secondary N) is 1. The molecule has 0 spiro atoms. The van der Waals surface area contributed by atoms with Crippen molar-refractivity contribution in [3.05, 3.63) is 28.5 Å². The summed E-state index contributed by atoms with van der Waals surface area (Å²) in [7, 11) is 0. The van der Waals surface area contributed by atoms with Crippen molar-refractivity contribution >= 4 is 21.6 Å². The molecule has 1 N–H and O–H groups in total. The van der Waals surface area contributed by atoms with Crippen LogP contribution in [0.1, 0.15) is 19.8 Å². The lowest BCUT2D eigenvalue weighted by Crippen LogP contribution is -2.17. The van der Waals surface area contributed by atoms with Gasteiger partial charge in [0.25, 0.3) is 0 Å². The Balaban J connectivity index is 2.78. The number of hydrogen-bond acceptors (Lipinski definition) is 2. The van der Waals surface area contributed by atoms with Crippen LogP contribution in [-0.2, 0) is 0 Å². The molecule has 80 valence electrons. The third kappa shape index (κ3) is 3.52. The predicted octanol–water partition coefficient (Wildman–Crippen LogP) is 3.69. The number of rotatable bonds is 4. The molecule has 0 heterocycles. The molecular formula is C11H12BrFN2. The smallest absolute Gasteiger partial charge is 0.125 e. The van der Waals surface area contributed by atoms with E-state index in [1.807, 2.05) is 6.92 Å². The van der Waals surface area contributed by atoms with Crippen molar-refractivity contribution in [1.82, 2.24) is 0 Å². The zero-order chi connectivity index (χ0) is 11.3. The number of anilines is 1. The molecule has 1 rings (SSSR count). The molecule has 0 saturated carbocycles. The molecule has 1 unspecified atom stereocenters. The Bertz CT molecular complexity index is 373. The Morgan fingerprint density at radius 2 is 2.33 bits per heavy atom.